The fourth-order valence-electron chi connectivity index (χ4n) is 3.54. The molecule has 1 rings (SSSR count). The second-order valence-electron chi connectivity index (χ2n) is 7.09. The lowest BCUT2D eigenvalue weighted by Crippen LogP contribution is -2.51. The van der Waals surface area contributed by atoms with Gasteiger partial charge in [-0.3, -0.25) is 0 Å². The van der Waals surface area contributed by atoms with E-state index in [1.807, 2.05) is 0 Å². The zero-order valence-electron chi connectivity index (χ0n) is 13.8. The summed E-state index contributed by atoms with van der Waals surface area (Å²) >= 11 is 0. The average Bonchev–Trinajstić information content (AvgIpc) is 2.27. The van der Waals surface area contributed by atoms with Gasteiger partial charge in [0.1, 0.15) is 0 Å². The van der Waals surface area contributed by atoms with Crippen LogP contribution in [0, 0.1) is 11.3 Å². The Morgan fingerprint density at radius 1 is 1.37 bits per heavy atom. The van der Waals surface area contributed by atoms with Crippen molar-refractivity contribution in [1.82, 2.24) is 10.2 Å². The molecule has 1 saturated carbocycles. The third kappa shape index (κ3) is 5.41. The van der Waals surface area contributed by atoms with Crippen molar-refractivity contribution in [3.63, 3.8) is 0 Å². The van der Waals surface area contributed by atoms with E-state index >= 15 is 0 Å². The molecule has 2 unspecified atom stereocenters. The molecule has 0 bridgehead atoms. The van der Waals surface area contributed by atoms with Crippen LogP contribution in [0.2, 0.25) is 0 Å². The van der Waals surface area contributed by atoms with Gasteiger partial charge in [0.15, 0.2) is 0 Å². The highest BCUT2D eigenvalue weighted by molar-refractivity contribution is 4.93. The molecule has 0 saturated heterocycles. The molecule has 0 aliphatic heterocycles. The van der Waals surface area contributed by atoms with E-state index in [1.165, 1.54) is 25.8 Å². The standard InChI is InChI=1S/C16H34N2O/c1-13(2)19-11-10-18(6)12-14-8-7-9-16(3,4)15(14)17-5/h13-15,17H,7-12H2,1-6H3. The largest absolute Gasteiger partial charge is 0.377 e. The zero-order valence-corrected chi connectivity index (χ0v) is 13.8. The molecule has 0 aromatic carbocycles. The van der Waals surface area contributed by atoms with Crippen LogP contribution in [-0.2, 0) is 4.74 Å². The van der Waals surface area contributed by atoms with Gasteiger partial charge in [0.25, 0.3) is 0 Å². The average molecular weight is 270 g/mol. The SMILES string of the molecule is CNC1C(CN(C)CCOC(C)C)CCCC1(C)C. The molecule has 0 heterocycles. The third-order valence-corrected chi connectivity index (χ3v) is 4.49. The Morgan fingerprint density at radius 3 is 2.63 bits per heavy atom. The van der Waals surface area contributed by atoms with E-state index < -0.39 is 0 Å². The molecule has 1 fully saturated rings. The van der Waals surface area contributed by atoms with Crippen molar-refractivity contribution in [3.8, 4) is 0 Å². The minimum atomic E-state index is 0.340. The highest BCUT2D eigenvalue weighted by atomic mass is 16.5. The van der Waals surface area contributed by atoms with E-state index in [-0.39, 0.29) is 0 Å². The van der Waals surface area contributed by atoms with E-state index in [0.29, 0.717) is 17.6 Å². The number of hydrogen-bond acceptors (Lipinski definition) is 3. The molecule has 1 aliphatic rings. The van der Waals surface area contributed by atoms with Gasteiger partial charge in [-0.15, -0.1) is 0 Å². The summed E-state index contributed by atoms with van der Waals surface area (Å²) in [6, 6.07) is 0.634. The van der Waals surface area contributed by atoms with Gasteiger partial charge in [-0.2, -0.15) is 0 Å². The molecular weight excluding hydrogens is 236 g/mol. The summed E-state index contributed by atoms with van der Waals surface area (Å²) < 4.78 is 5.64. The quantitative estimate of drug-likeness (QED) is 0.770. The van der Waals surface area contributed by atoms with E-state index in [4.69, 9.17) is 4.74 Å². The predicted octanol–water partition coefficient (Wildman–Crippen LogP) is 2.76. The second kappa shape index (κ2) is 7.61. The molecule has 0 radical (unpaired) electrons. The van der Waals surface area contributed by atoms with Gasteiger partial charge in [-0.25, -0.2) is 0 Å². The molecule has 0 spiro atoms. The Bertz CT molecular complexity index is 253. The van der Waals surface area contributed by atoms with Gasteiger partial charge < -0.3 is 15.0 Å². The molecule has 1 aliphatic carbocycles. The summed E-state index contributed by atoms with van der Waals surface area (Å²) in [5.74, 6) is 0.762. The predicted molar refractivity (Wildman–Crippen MR) is 82.6 cm³/mol. The highest BCUT2D eigenvalue weighted by Crippen LogP contribution is 2.38. The first-order valence-electron chi connectivity index (χ1n) is 7.84. The van der Waals surface area contributed by atoms with Gasteiger partial charge in [0.05, 0.1) is 12.7 Å². The fraction of sp³-hybridized carbons (Fsp3) is 1.00. The molecule has 0 aromatic heterocycles. The van der Waals surface area contributed by atoms with Gasteiger partial charge in [0, 0.05) is 19.1 Å². The summed E-state index contributed by atoms with van der Waals surface area (Å²) in [5, 5.41) is 3.57. The van der Waals surface area contributed by atoms with Crippen molar-refractivity contribution in [1.29, 1.82) is 0 Å². The molecule has 0 amide bonds. The number of likely N-dealkylation sites (N-methyl/N-ethyl adjacent to an activating group) is 1. The van der Waals surface area contributed by atoms with Crippen LogP contribution < -0.4 is 5.32 Å². The molecule has 0 aromatic rings. The number of rotatable bonds is 7. The van der Waals surface area contributed by atoms with E-state index in [0.717, 1.165) is 19.1 Å². The molecular formula is C16H34N2O. The Kier molecular flexibility index (Phi) is 6.78. The molecule has 114 valence electrons. The lowest BCUT2D eigenvalue weighted by atomic mass is 9.68. The second-order valence-corrected chi connectivity index (χ2v) is 7.09. The molecule has 1 N–H and O–H groups in total. The smallest absolute Gasteiger partial charge is 0.0596 e. The maximum atomic E-state index is 5.64. The van der Waals surface area contributed by atoms with Gasteiger partial charge in [-0.1, -0.05) is 20.3 Å². The first kappa shape index (κ1) is 16.9. The van der Waals surface area contributed by atoms with Crippen LogP contribution in [0.15, 0.2) is 0 Å². The lowest BCUT2D eigenvalue weighted by Gasteiger charge is -2.45. The van der Waals surface area contributed by atoms with Crippen LogP contribution in [0.1, 0.15) is 47.0 Å². The summed E-state index contributed by atoms with van der Waals surface area (Å²) in [6.45, 7) is 12.1. The van der Waals surface area contributed by atoms with Crippen LogP contribution in [-0.4, -0.2) is 50.8 Å². The van der Waals surface area contributed by atoms with E-state index in [1.54, 1.807) is 0 Å². The minimum Gasteiger partial charge on any atom is -0.377 e. The number of nitrogens with zero attached hydrogens (tertiary/aromatic N) is 1. The Hall–Kier alpha value is -0.120. The van der Waals surface area contributed by atoms with Crippen LogP contribution in [0.4, 0.5) is 0 Å². The van der Waals surface area contributed by atoms with Gasteiger partial charge in [-0.05, 0) is 52.1 Å². The Morgan fingerprint density at radius 2 is 2.05 bits per heavy atom. The van der Waals surface area contributed by atoms with Crippen LogP contribution in [0.25, 0.3) is 0 Å². The van der Waals surface area contributed by atoms with E-state index in [2.05, 4.69) is 52.0 Å². The van der Waals surface area contributed by atoms with Crippen LogP contribution in [0.3, 0.4) is 0 Å². The van der Waals surface area contributed by atoms with Gasteiger partial charge >= 0.3 is 0 Å². The minimum absolute atomic E-state index is 0.340. The topological polar surface area (TPSA) is 24.5 Å². The summed E-state index contributed by atoms with van der Waals surface area (Å²) in [7, 11) is 4.34. The fourth-order valence-corrected chi connectivity index (χ4v) is 3.54. The maximum absolute atomic E-state index is 5.64. The molecule has 2 atom stereocenters. The van der Waals surface area contributed by atoms with E-state index in [9.17, 15) is 0 Å². The van der Waals surface area contributed by atoms with Crippen molar-refractivity contribution in [2.24, 2.45) is 11.3 Å². The van der Waals surface area contributed by atoms with Crippen molar-refractivity contribution < 1.29 is 4.74 Å². The zero-order chi connectivity index (χ0) is 14.5. The van der Waals surface area contributed by atoms with Crippen LogP contribution in [0.5, 0.6) is 0 Å². The first-order chi connectivity index (χ1) is 8.86. The number of ether oxygens (including phenoxy) is 1. The summed E-state index contributed by atoms with van der Waals surface area (Å²) in [5.41, 5.74) is 0.424. The van der Waals surface area contributed by atoms with Crippen molar-refractivity contribution in [2.75, 3.05) is 33.8 Å². The number of nitrogens with one attached hydrogen (secondary N) is 1. The third-order valence-electron chi connectivity index (χ3n) is 4.49. The summed E-state index contributed by atoms with van der Waals surface area (Å²) in [6.07, 6.45) is 4.40. The molecule has 3 nitrogen and oxygen atoms in total. The van der Waals surface area contributed by atoms with Crippen LogP contribution >= 0.6 is 0 Å². The van der Waals surface area contributed by atoms with Crippen molar-refractivity contribution >= 4 is 0 Å². The molecule has 3 heteroatoms. The Labute approximate surface area is 120 Å². The summed E-state index contributed by atoms with van der Waals surface area (Å²) in [4.78, 5) is 2.43. The normalized spacial score (nSPS) is 27.2. The monoisotopic (exact) mass is 270 g/mol. The maximum Gasteiger partial charge on any atom is 0.0596 e. The van der Waals surface area contributed by atoms with Crippen molar-refractivity contribution in [2.45, 2.75) is 59.1 Å². The molecule has 19 heavy (non-hydrogen) atoms. The number of hydrogen-bond donors (Lipinski definition) is 1. The lowest BCUT2D eigenvalue weighted by molar-refractivity contribution is 0.0487. The highest BCUT2D eigenvalue weighted by Gasteiger charge is 2.38. The first-order valence-corrected chi connectivity index (χ1v) is 7.84. The Balaban J connectivity index is 2.41. The van der Waals surface area contributed by atoms with Gasteiger partial charge in [0.2, 0.25) is 0 Å². The van der Waals surface area contributed by atoms with Crippen molar-refractivity contribution in [3.05, 3.63) is 0 Å².